The van der Waals surface area contributed by atoms with Crippen molar-refractivity contribution >= 4 is 11.7 Å². The highest BCUT2D eigenvalue weighted by Crippen LogP contribution is 2.12. The zero-order valence-electron chi connectivity index (χ0n) is 13.9. The van der Waals surface area contributed by atoms with Crippen LogP contribution in [-0.4, -0.2) is 42.2 Å². The standard InChI is InChI=1S/C18H22N4O2/c1-14-3-2-4-15(11-14)12-18(23)20-13-16-19-6-5-17(21-16)22-7-9-24-10-8-22/h2-6,11H,7-10,12-13H2,1H3,(H,20,23). The van der Waals surface area contributed by atoms with Crippen LogP contribution in [0.25, 0.3) is 0 Å². The average Bonchev–Trinajstić information content (AvgIpc) is 2.61. The Kier molecular flexibility index (Phi) is 5.38. The molecule has 1 fully saturated rings. The lowest BCUT2D eigenvalue weighted by Crippen LogP contribution is -2.37. The molecule has 0 saturated carbocycles. The van der Waals surface area contributed by atoms with Gasteiger partial charge in [0, 0.05) is 19.3 Å². The van der Waals surface area contributed by atoms with Crippen LogP contribution in [0.3, 0.4) is 0 Å². The number of carbonyl (C=O) groups is 1. The van der Waals surface area contributed by atoms with Gasteiger partial charge >= 0.3 is 0 Å². The van der Waals surface area contributed by atoms with E-state index in [0.717, 1.165) is 30.0 Å². The van der Waals surface area contributed by atoms with Crippen LogP contribution in [0.1, 0.15) is 17.0 Å². The number of aromatic nitrogens is 2. The third-order valence-electron chi connectivity index (χ3n) is 3.92. The predicted molar refractivity (Wildman–Crippen MR) is 91.8 cm³/mol. The number of benzene rings is 1. The van der Waals surface area contributed by atoms with Crippen LogP contribution < -0.4 is 10.2 Å². The highest BCUT2D eigenvalue weighted by molar-refractivity contribution is 5.78. The van der Waals surface area contributed by atoms with Crippen LogP contribution in [0.4, 0.5) is 5.82 Å². The number of aryl methyl sites for hydroxylation is 1. The topological polar surface area (TPSA) is 67.4 Å². The van der Waals surface area contributed by atoms with Crippen molar-refractivity contribution in [3.63, 3.8) is 0 Å². The van der Waals surface area contributed by atoms with Gasteiger partial charge in [0.05, 0.1) is 26.2 Å². The van der Waals surface area contributed by atoms with Gasteiger partial charge in [0.1, 0.15) is 11.6 Å². The molecule has 6 nitrogen and oxygen atoms in total. The van der Waals surface area contributed by atoms with E-state index in [-0.39, 0.29) is 5.91 Å². The Morgan fingerprint density at radius 3 is 2.92 bits per heavy atom. The summed E-state index contributed by atoms with van der Waals surface area (Å²) < 4.78 is 5.35. The van der Waals surface area contributed by atoms with Crippen molar-refractivity contribution in [1.82, 2.24) is 15.3 Å². The van der Waals surface area contributed by atoms with Gasteiger partial charge in [-0.25, -0.2) is 9.97 Å². The first-order valence-corrected chi connectivity index (χ1v) is 8.17. The second kappa shape index (κ2) is 7.88. The van der Waals surface area contributed by atoms with Crippen LogP contribution in [0.5, 0.6) is 0 Å². The number of hydrogen-bond donors (Lipinski definition) is 1. The van der Waals surface area contributed by atoms with E-state index in [0.29, 0.717) is 32.0 Å². The van der Waals surface area contributed by atoms with Crippen LogP contribution >= 0.6 is 0 Å². The fraction of sp³-hybridized carbons (Fsp3) is 0.389. The van der Waals surface area contributed by atoms with Gasteiger partial charge in [0.15, 0.2) is 0 Å². The molecule has 2 heterocycles. The first kappa shape index (κ1) is 16.4. The van der Waals surface area contributed by atoms with Crippen molar-refractivity contribution in [3.05, 3.63) is 53.5 Å². The lowest BCUT2D eigenvalue weighted by molar-refractivity contribution is -0.120. The molecular weight excluding hydrogens is 304 g/mol. The largest absolute Gasteiger partial charge is 0.378 e. The molecule has 2 aromatic rings. The molecule has 1 aromatic heterocycles. The van der Waals surface area contributed by atoms with Crippen molar-refractivity contribution in [2.45, 2.75) is 19.9 Å². The first-order valence-electron chi connectivity index (χ1n) is 8.17. The smallest absolute Gasteiger partial charge is 0.224 e. The maximum atomic E-state index is 12.1. The van der Waals surface area contributed by atoms with Crippen molar-refractivity contribution < 1.29 is 9.53 Å². The van der Waals surface area contributed by atoms with E-state index in [9.17, 15) is 4.79 Å². The number of morpholine rings is 1. The molecule has 6 heteroatoms. The monoisotopic (exact) mass is 326 g/mol. The molecule has 0 atom stereocenters. The molecule has 1 amide bonds. The van der Waals surface area contributed by atoms with E-state index in [1.807, 2.05) is 37.3 Å². The summed E-state index contributed by atoms with van der Waals surface area (Å²) in [6, 6.07) is 9.86. The summed E-state index contributed by atoms with van der Waals surface area (Å²) in [6.07, 6.45) is 2.10. The van der Waals surface area contributed by atoms with Crippen molar-refractivity contribution in [3.8, 4) is 0 Å². The highest BCUT2D eigenvalue weighted by Gasteiger charge is 2.13. The number of anilines is 1. The van der Waals surface area contributed by atoms with Gasteiger partial charge in [-0.2, -0.15) is 0 Å². The zero-order chi connectivity index (χ0) is 16.8. The SMILES string of the molecule is Cc1cccc(CC(=O)NCc2nccc(N3CCOCC3)n2)c1. The fourth-order valence-electron chi connectivity index (χ4n) is 2.69. The quantitative estimate of drug-likeness (QED) is 0.901. The average molecular weight is 326 g/mol. The summed E-state index contributed by atoms with van der Waals surface area (Å²) in [7, 11) is 0. The van der Waals surface area contributed by atoms with Crippen molar-refractivity contribution in [2.75, 3.05) is 31.2 Å². The Morgan fingerprint density at radius 1 is 1.29 bits per heavy atom. The molecule has 1 saturated heterocycles. The van der Waals surface area contributed by atoms with Gasteiger partial charge in [-0.3, -0.25) is 4.79 Å². The van der Waals surface area contributed by atoms with Crippen LogP contribution in [0, 0.1) is 6.92 Å². The van der Waals surface area contributed by atoms with Crippen molar-refractivity contribution in [1.29, 1.82) is 0 Å². The lowest BCUT2D eigenvalue weighted by atomic mass is 10.1. The summed E-state index contributed by atoms with van der Waals surface area (Å²) in [4.78, 5) is 23.0. The second-order valence-corrected chi connectivity index (χ2v) is 5.87. The molecule has 3 rings (SSSR count). The van der Waals surface area contributed by atoms with Crippen LogP contribution in [0.15, 0.2) is 36.5 Å². The van der Waals surface area contributed by atoms with Gasteiger partial charge < -0.3 is 15.0 Å². The minimum atomic E-state index is -0.0269. The molecule has 1 aliphatic rings. The van der Waals surface area contributed by atoms with Gasteiger partial charge in [-0.15, -0.1) is 0 Å². The maximum Gasteiger partial charge on any atom is 0.224 e. The number of nitrogens with one attached hydrogen (secondary N) is 1. The van der Waals surface area contributed by atoms with E-state index in [1.54, 1.807) is 6.20 Å². The number of ether oxygens (including phenoxy) is 1. The van der Waals surface area contributed by atoms with E-state index in [2.05, 4.69) is 20.2 Å². The van der Waals surface area contributed by atoms with Crippen LogP contribution in [0.2, 0.25) is 0 Å². The molecule has 24 heavy (non-hydrogen) atoms. The third-order valence-corrected chi connectivity index (χ3v) is 3.92. The first-order chi connectivity index (χ1) is 11.7. The van der Waals surface area contributed by atoms with E-state index in [1.165, 1.54) is 0 Å². The molecule has 1 aliphatic heterocycles. The fourth-order valence-corrected chi connectivity index (χ4v) is 2.69. The Bertz CT molecular complexity index is 699. The highest BCUT2D eigenvalue weighted by atomic mass is 16.5. The van der Waals surface area contributed by atoms with Crippen LogP contribution in [-0.2, 0) is 22.5 Å². The summed E-state index contributed by atoms with van der Waals surface area (Å²) in [5.41, 5.74) is 2.16. The molecule has 0 aliphatic carbocycles. The van der Waals surface area contributed by atoms with E-state index in [4.69, 9.17) is 4.74 Å². The number of amides is 1. The van der Waals surface area contributed by atoms with E-state index < -0.39 is 0 Å². The summed E-state index contributed by atoms with van der Waals surface area (Å²) in [5.74, 6) is 1.48. The summed E-state index contributed by atoms with van der Waals surface area (Å²) in [6.45, 7) is 5.45. The van der Waals surface area contributed by atoms with E-state index >= 15 is 0 Å². The zero-order valence-corrected chi connectivity index (χ0v) is 13.9. The number of rotatable bonds is 5. The minimum Gasteiger partial charge on any atom is -0.378 e. The molecular formula is C18H22N4O2. The number of carbonyl (C=O) groups excluding carboxylic acids is 1. The molecule has 0 unspecified atom stereocenters. The third kappa shape index (κ3) is 4.52. The lowest BCUT2D eigenvalue weighted by Gasteiger charge is -2.27. The molecule has 0 spiro atoms. The molecule has 1 N–H and O–H groups in total. The molecule has 0 bridgehead atoms. The van der Waals surface area contributed by atoms with Gasteiger partial charge in [-0.1, -0.05) is 29.8 Å². The second-order valence-electron chi connectivity index (χ2n) is 5.87. The molecule has 1 aromatic carbocycles. The summed E-state index contributed by atoms with van der Waals surface area (Å²) >= 11 is 0. The number of hydrogen-bond acceptors (Lipinski definition) is 5. The van der Waals surface area contributed by atoms with Gasteiger partial charge in [0.25, 0.3) is 0 Å². The maximum absolute atomic E-state index is 12.1. The number of nitrogens with zero attached hydrogens (tertiary/aromatic N) is 3. The molecule has 126 valence electrons. The summed E-state index contributed by atoms with van der Waals surface area (Å²) in [5, 5.41) is 2.89. The Labute approximate surface area is 141 Å². The van der Waals surface area contributed by atoms with Crippen molar-refractivity contribution in [2.24, 2.45) is 0 Å². The molecule has 0 radical (unpaired) electrons. The Hall–Kier alpha value is -2.47. The normalized spacial score (nSPS) is 14.5. The predicted octanol–water partition coefficient (Wildman–Crippen LogP) is 1.48. The Morgan fingerprint density at radius 2 is 2.12 bits per heavy atom. The minimum absolute atomic E-state index is 0.0269. The Balaban J connectivity index is 1.55. The van der Waals surface area contributed by atoms with Gasteiger partial charge in [0.2, 0.25) is 5.91 Å². The van der Waals surface area contributed by atoms with Gasteiger partial charge in [-0.05, 0) is 18.6 Å².